The molecule has 128 valence electrons. The van der Waals surface area contributed by atoms with Crippen molar-refractivity contribution in [2.24, 2.45) is 0 Å². The Bertz CT molecular complexity index is 899. The highest BCUT2D eigenvalue weighted by atomic mass is 32.2. The first-order valence-electron chi connectivity index (χ1n) is 8.22. The molecule has 4 rings (SSSR count). The molecular weight excluding hydrogens is 334 g/mol. The second-order valence-electron chi connectivity index (χ2n) is 6.29. The predicted molar refractivity (Wildman–Crippen MR) is 99.6 cm³/mol. The summed E-state index contributed by atoms with van der Waals surface area (Å²) in [5.74, 6) is 1.19. The minimum Gasteiger partial charge on any atom is -0.310 e. The molecule has 0 radical (unpaired) electrons. The number of benzene rings is 1. The Morgan fingerprint density at radius 1 is 1.20 bits per heavy atom. The zero-order valence-electron chi connectivity index (χ0n) is 14.1. The second-order valence-corrected chi connectivity index (χ2v) is 7.39. The van der Waals surface area contributed by atoms with Crippen molar-refractivity contribution in [1.82, 2.24) is 20.0 Å². The van der Waals surface area contributed by atoms with E-state index in [9.17, 15) is 4.79 Å². The molecule has 25 heavy (non-hydrogen) atoms. The molecule has 0 aliphatic carbocycles. The summed E-state index contributed by atoms with van der Waals surface area (Å²) in [4.78, 5) is 12.2. The number of thioether (sulfide) groups is 1. The van der Waals surface area contributed by atoms with Crippen molar-refractivity contribution >= 4 is 23.5 Å². The summed E-state index contributed by atoms with van der Waals surface area (Å²) in [5.41, 5.74) is 4.15. The first-order valence-corrected chi connectivity index (χ1v) is 9.27. The van der Waals surface area contributed by atoms with Crippen LogP contribution in [0.3, 0.4) is 0 Å². The molecule has 1 atom stereocenters. The average molecular weight is 353 g/mol. The van der Waals surface area contributed by atoms with Gasteiger partial charge in [-0.15, -0.1) is 11.8 Å². The molecule has 0 saturated carbocycles. The Labute approximate surface area is 150 Å². The number of anilines is 1. The number of hydrogen-bond donors (Lipinski definition) is 2. The van der Waals surface area contributed by atoms with Crippen LogP contribution in [-0.4, -0.2) is 31.6 Å². The van der Waals surface area contributed by atoms with Crippen LogP contribution < -0.4 is 5.32 Å². The number of nitrogens with one attached hydrogen (secondary N) is 2. The third-order valence-electron chi connectivity index (χ3n) is 4.25. The van der Waals surface area contributed by atoms with Gasteiger partial charge < -0.3 is 5.32 Å². The van der Waals surface area contributed by atoms with E-state index < -0.39 is 0 Å². The summed E-state index contributed by atoms with van der Waals surface area (Å²) in [6, 6.07) is 10.3. The quantitative estimate of drug-likeness (QED) is 0.754. The van der Waals surface area contributed by atoms with E-state index in [0.29, 0.717) is 5.75 Å². The van der Waals surface area contributed by atoms with Gasteiger partial charge in [-0.3, -0.25) is 9.89 Å². The molecule has 3 heterocycles. The zero-order chi connectivity index (χ0) is 17.4. The number of aromatic nitrogens is 4. The highest BCUT2D eigenvalue weighted by Gasteiger charge is 2.30. The van der Waals surface area contributed by atoms with Crippen molar-refractivity contribution < 1.29 is 4.79 Å². The number of rotatable bonds is 3. The van der Waals surface area contributed by atoms with Crippen molar-refractivity contribution in [2.45, 2.75) is 25.1 Å². The van der Waals surface area contributed by atoms with Gasteiger partial charge in [0, 0.05) is 17.2 Å². The molecule has 7 heteroatoms. The van der Waals surface area contributed by atoms with Gasteiger partial charge in [0.1, 0.15) is 5.82 Å². The van der Waals surface area contributed by atoms with Gasteiger partial charge >= 0.3 is 0 Å². The van der Waals surface area contributed by atoms with Crippen molar-refractivity contribution in [3.05, 3.63) is 53.9 Å². The number of fused-ring (bicyclic) bond motifs is 1. The molecule has 0 saturated heterocycles. The molecule has 0 unspecified atom stereocenters. The van der Waals surface area contributed by atoms with E-state index in [2.05, 4.69) is 46.6 Å². The minimum atomic E-state index is -0.00425. The molecule has 1 aromatic carbocycles. The smallest absolute Gasteiger partial charge is 0.235 e. The lowest BCUT2D eigenvalue weighted by atomic mass is 10.0. The average Bonchev–Trinajstić information content (AvgIpc) is 3.21. The maximum Gasteiger partial charge on any atom is 0.235 e. The van der Waals surface area contributed by atoms with E-state index in [-0.39, 0.29) is 17.2 Å². The zero-order valence-corrected chi connectivity index (χ0v) is 14.9. The SMILES string of the molecule is CC(C)n1ncc2c1NC(=O)CS[C@@H]2c1cn[nH]c1-c1ccccc1. The van der Waals surface area contributed by atoms with Crippen LogP contribution in [0, 0.1) is 0 Å². The van der Waals surface area contributed by atoms with Crippen molar-refractivity contribution in [2.75, 3.05) is 11.1 Å². The molecule has 0 bridgehead atoms. The molecule has 2 aromatic heterocycles. The number of nitrogens with zero attached hydrogens (tertiary/aromatic N) is 3. The predicted octanol–water partition coefficient (Wildman–Crippen LogP) is 3.63. The van der Waals surface area contributed by atoms with Crippen molar-refractivity contribution in [3.63, 3.8) is 0 Å². The van der Waals surface area contributed by atoms with Gasteiger partial charge in [0.05, 0.1) is 29.1 Å². The molecule has 1 amide bonds. The number of H-pyrrole nitrogens is 1. The first kappa shape index (κ1) is 16.0. The maximum absolute atomic E-state index is 12.2. The van der Waals surface area contributed by atoms with Gasteiger partial charge in [0.25, 0.3) is 0 Å². The normalized spacial score (nSPS) is 17.2. The van der Waals surface area contributed by atoms with Gasteiger partial charge in [-0.1, -0.05) is 30.3 Å². The first-order chi connectivity index (χ1) is 12.1. The van der Waals surface area contributed by atoms with Gasteiger partial charge in [0.15, 0.2) is 0 Å². The Hall–Kier alpha value is -2.54. The molecular formula is C18H19N5OS. The van der Waals surface area contributed by atoms with Gasteiger partial charge in [0.2, 0.25) is 5.91 Å². The number of amides is 1. The van der Waals surface area contributed by atoms with E-state index in [1.54, 1.807) is 11.8 Å². The van der Waals surface area contributed by atoms with Crippen molar-refractivity contribution in [1.29, 1.82) is 0 Å². The third kappa shape index (κ3) is 2.84. The van der Waals surface area contributed by atoms with E-state index in [4.69, 9.17) is 0 Å². The summed E-state index contributed by atoms with van der Waals surface area (Å²) >= 11 is 1.60. The number of carbonyl (C=O) groups is 1. The fourth-order valence-electron chi connectivity index (χ4n) is 3.09. The van der Waals surface area contributed by atoms with Crippen LogP contribution in [0.1, 0.15) is 36.3 Å². The molecule has 1 aliphatic heterocycles. The summed E-state index contributed by atoms with van der Waals surface area (Å²) in [7, 11) is 0. The summed E-state index contributed by atoms with van der Waals surface area (Å²) < 4.78 is 1.87. The third-order valence-corrected chi connectivity index (χ3v) is 5.52. The highest BCUT2D eigenvalue weighted by Crippen LogP contribution is 2.44. The Balaban J connectivity index is 1.83. The van der Waals surface area contributed by atoms with E-state index in [1.165, 1.54) is 0 Å². The maximum atomic E-state index is 12.2. The molecule has 1 aliphatic rings. The summed E-state index contributed by atoms with van der Waals surface area (Å²) in [5, 5.41) is 14.9. The van der Waals surface area contributed by atoms with Crippen LogP contribution in [0.4, 0.5) is 5.82 Å². The largest absolute Gasteiger partial charge is 0.310 e. The number of carbonyl (C=O) groups excluding carboxylic acids is 1. The monoisotopic (exact) mass is 353 g/mol. The van der Waals surface area contributed by atoms with Gasteiger partial charge in [-0.05, 0) is 19.4 Å². The molecule has 0 fully saturated rings. The topological polar surface area (TPSA) is 75.6 Å². The minimum absolute atomic E-state index is 0.000839. The number of hydrogen-bond acceptors (Lipinski definition) is 4. The Kier molecular flexibility index (Phi) is 4.09. The molecule has 0 spiro atoms. The van der Waals surface area contributed by atoms with E-state index in [1.807, 2.05) is 35.3 Å². The van der Waals surface area contributed by atoms with Crippen LogP contribution in [0.15, 0.2) is 42.7 Å². The van der Waals surface area contributed by atoms with E-state index >= 15 is 0 Å². The lowest BCUT2D eigenvalue weighted by Crippen LogP contribution is -2.17. The Morgan fingerprint density at radius 2 is 2.00 bits per heavy atom. The lowest BCUT2D eigenvalue weighted by molar-refractivity contribution is -0.113. The van der Waals surface area contributed by atoms with Crippen LogP contribution in [-0.2, 0) is 4.79 Å². The van der Waals surface area contributed by atoms with Crippen LogP contribution in [0.25, 0.3) is 11.3 Å². The van der Waals surface area contributed by atoms with Crippen LogP contribution in [0.5, 0.6) is 0 Å². The van der Waals surface area contributed by atoms with Gasteiger partial charge in [-0.25, -0.2) is 4.68 Å². The molecule has 2 N–H and O–H groups in total. The van der Waals surface area contributed by atoms with Crippen LogP contribution >= 0.6 is 11.8 Å². The van der Waals surface area contributed by atoms with Crippen LogP contribution in [0.2, 0.25) is 0 Å². The van der Waals surface area contributed by atoms with Crippen molar-refractivity contribution in [3.8, 4) is 11.3 Å². The summed E-state index contributed by atoms with van der Waals surface area (Å²) in [6.07, 6.45) is 3.71. The molecule has 3 aromatic rings. The molecule has 6 nitrogen and oxygen atoms in total. The highest BCUT2D eigenvalue weighted by molar-refractivity contribution is 8.00. The fraction of sp³-hybridized carbons (Fsp3) is 0.278. The van der Waals surface area contributed by atoms with E-state index in [0.717, 1.165) is 28.2 Å². The lowest BCUT2D eigenvalue weighted by Gasteiger charge is -2.15. The fourth-order valence-corrected chi connectivity index (χ4v) is 4.19. The number of aromatic amines is 1. The standard InChI is InChI=1S/C18H19N5OS/c1-11(2)23-18-14(9-20-23)17(25-10-15(24)21-18)13-8-19-22-16(13)12-6-4-3-5-7-12/h3-9,11,17H,10H2,1-2H3,(H,19,22)(H,21,24)/t17-/m1/s1. The summed E-state index contributed by atoms with van der Waals surface area (Å²) in [6.45, 7) is 4.11. The Morgan fingerprint density at radius 3 is 2.76 bits per heavy atom. The van der Waals surface area contributed by atoms with Gasteiger partial charge in [-0.2, -0.15) is 10.2 Å². The second kappa shape index (κ2) is 6.40.